The zero-order chi connectivity index (χ0) is 23.2. The lowest BCUT2D eigenvalue weighted by molar-refractivity contribution is 0.0943. The Kier molecular flexibility index (Phi) is 7.10. The van der Waals surface area contributed by atoms with Crippen LogP contribution in [-0.2, 0) is 13.0 Å². The zero-order valence-electron chi connectivity index (χ0n) is 18.4. The molecule has 7 heteroatoms. The van der Waals surface area contributed by atoms with Crippen LogP contribution in [0.4, 0.5) is 4.39 Å². The molecule has 33 heavy (non-hydrogen) atoms. The first kappa shape index (κ1) is 22.6. The Morgan fingerprint density at radius 3 is 2.70 bits per heavy atom. The van der Waals surface area contributed by atoms with Crippen molar-refractivity contribution in [2.45, 2.75) is 32.9 Å². The number of ether oxygens (including phenoxy) is 1. The van der Waals surface area contributed by atoms with Crippen LogP contribution in [0.25, 0.3) is 0 Å². The van der Waals surface area contributed by atoms with Crippen molar-refractivity contribution in [3.8, 4) is 5.75 Å². The number of nitrogens with one attached hydrogen (secondary N) is 1. The fourth-order valence-corrected chi connectivity index (χ4v) is 4.38. The van der Waals surface area contributed by atoms with Gasteiger partial charge in [0.15, 0.2) is 0 Å². The molecule has 2 heterocycles. The van der Waals surface area contributed by atoms with Crippen molar-refractivity contribution in [1.29, 1.82) is 0 Å². The van der Waals surface area contributed by atoms with E-state index in [4.69, 9.17) is 4.74 Å². The predicted octanol–water partition coefficient (Wildman–Crippen LogP) is 5.65. The van der Waals surface area contributed by atoms with Gasteiger partial charge in [-0.05, 0) is 61.4 Å². The van der Waals surface area contributed by atoms with Gasteiger partial charge in [-0.3, -0.25) is 9.78 Å². The standard InChI is InChI=1S/C26H24FN3O2S/c1-17(20-6-5-8-23(15-20)32-16-22-7-3-4-13-28-22)30-26(31)25-18(2)29-24(33-25)14-19-9-11-21(27)12-10-19/h3-13,15,17H,14,16H2,1-2H3,(H,30,31). The third kappa shape index (κ3) is 6.02. The van der Waals surface area contributed by atoms with Crippen molar-refractivity contribution in [1.82, 2.24) is 15.3 Å². The summed E-state index contributed by atoms with van der Waals surface area (Å²) >= 11 is 1.36. The van der Waals surface area contributed by atoms with E-state index >= 15 is 0 Å². The minimum Gasteiger partial charge on any atom is -0.487 e. The molecular formula is C26H24FN3O2S. The molecule has 2 aromatic heterocycles. The highest BCUT2D eigenvalue weighted by atomic mass is 32.1. The molecule has 0 spiro atoms. The van der Waals surface area contributed by atoms with Crippen molar-refractivity contribution in [3.63, 3.8) is 0 Å². The lowest BCUT2D eigenvalue weighted by Crippen LogP contribution is -2.26. The second-order valence-corrected chi connectivity index (χ2v) is 8.79. The van der Waals surface area contributed by atoms with Crippen molar-refractivity contribution in [3.05, 3.63) is 111 Å². The van der Waals surface area contributed by atoms with Crippen LogP contribution in [0.5, 0.6) is 5.75 Å². The van der Waals surface area contributed by atoms with Crippen molar-refractivity contribution < 1.29 is 13.9 Å². The third-order valence-corrected chi connectivity index (χ3v) is 6.29. The molecule has 1 atom stereocenters. The van der Waals surface area contributed by atoms with Crippen LogP contribution in [-0.4, -0.2) is 15.9 Å². The maximum atomic E-state index is 13.1. The van der Waals surface area contributed by atoms with Gasteiger partial charge in [-0.2, -0.15) is 0 Å². The van der Waals surface area contributed by atoms with Gasteiger partial charge >= 0.3 is 0 Å². The van der Waals surface area contributed by atoms with Crippen LogP contribution in [0.15, 0.2) is 72.9 Å². The lowest BCUT2D eigenvalue weighted by atomic mass is 10.1. The van der Waals surface area contributed by atoms with Crippen LogP contribution in [0.1, 0.15) is 50.2 Å². The smallest absolute Gasteiger partial charge is 0.263 e. The Morgan fingerprint density at radius 2 is 1.94 bits per heavy atom. The van der Waals surface area contributed by atoms with Gasteiger partial charge < -0.3 is 10.1 Å². The molecule has 5 nitrogen and oxygen atoms in total. The van der Waals surface area contributed by atoms with Crippen LogP contribution in [0, 0.1) is 12.7 Å². The molecule has 2 aromatic carbocycles. The summed E-state index contributed by atoms with van der Waals surface area (Å²) in [5.41, 5.74) is 3.43. The number of rotatable bonds is 8. The van der Waals surface area contributed by atoms with Gasteiger partial charge in [0.05, 0.1) is 22.4 Å². The Labute approximate surface area is 196 Å². The maximum Gasteiger partial charge on any atom is 0.263 e. The molecule has 168 valence electrons. The molecule has 4 rings (SSSR count). The van der Waals surface area contributed by atoms with Crippen LogP contribution in [0.3, 0.4) is 0 Å². The highest BCUT2D eigenvalue weighted by Gasteiger charge is 2.18. The van der Waals surface area contributed by atoms with Gasteiger partial charge in [-0.25, -0.2) is 9.37 Å². The van der Waals surface area contributed by atoms with Gasteiger partial charge in [-0.1, -0.05) is 30.3 Å². The summed E-state index contributed by atoms with van der Waals surface area (Å²) in [6.07, 6.45) is 2.30. The van der Waals surface area contributed by atoms with Crippen LogP contribution in [0.2, 0.25) is 0 Å². The van der Waals surface area contributed by atoms with E-state index in [1.54, 1.807) is 18.3 Å². The average molecular weight is 462 g/mol. The summed E-state index contributed by atoms with van der Waals surface area (Å²) < 4.78 is 19.0. The first-order chi connectivity index (χ1) is 16.0. The molecule has 1 unspecified atom stereocenters. The van der Waals surface area contributed by atoms with E-state index in [1.807, 2.05) is 56.3 Å². The van der Waals surface area contributed by atoms with E-state index in [2.05, 4.69) is 15.3 Å². The number of thiazole rings is 1. The second kappa shape index (κ2) is 10.4. The number of carbonyl (C=O) groups is 1. The molecule has 0 aliphatic heterocycles. The summed E-state index contributed by atoms with van der Waals surface area (Å²) in [6, 6.07) is 19.5. The van der Waals surface area contributed by atoms with Crippen molar-refractivity contribution in [2.24, 2.45) is 0 Å². The topological polar surface area (TPSA) is 64.1 Å². The fraction of sp³-hybridized carbons (Fsp3) is 0.192. The molecule has 0 bridgehead atoms. The van der Waals surface area contributed by atoms with Gasteiger partial charge in [0.2, 0.25) is 0 Å². The number of nitrogens with zero attached hydrogens (tertiary/aromatic N) is 2. The van der Waals surface area contributed by atoms with E-state index in [0.29, 0.717) is 23.6 Å². The fourth-order valence-electron chi connectivity index (χ4n) is 3.38. The van der Waals surface area contributed by atoms with E-state index in [1.165, 1.54) is 23.5 Å². The van der Waals surface area contributed by atoms with E-state index < -0.39 is 0 Å². The number of pyridine rings is 1. The summed E-state index contributed by atoms with van der Waals surface area (Å²) in [5, 5.41) is 3.87. The monoisotopic (exact) mass is 461 g/mol. The lowest BCUT2D eigenvalue weighted by Gasteiger charge is -2.15. The minimum atomic E-state index is -0.269. The average Bonchev–Trinajstić information content (AvgIpc) is 3.20. The highest BCUT2D eigenvalue weighted by molar-refractivity contribution is 7.13. The Balaban J connectivity index is 1.39. The highest BCUT2D eigenvalue weighted by Crippen LogP contribution is 2.24. The molecule has 1 N–H and O–H groups in total. The molecular weight excluding hydrogens is 437 g/mol. The van der Waals surface area contributed by atoms with Crippen LogP contribution >= 0.6 is 11.3 Å². The largest absolute Gasteiger partial charge is 0.487 e. The van der Waals surface area contributed by atoms with Crippen LogP contribution < -0.4 is 10.1 Å². The predicted molar refractivity (Wildman–Crippen MR) is 127 cm³/mol. The number of benzene rings is 2. The van der Waals surface area contributed by atoms with E-state index in [9.17, 15) is 9.18 Å². The first-order valence-corrected chi connectivity index (χ1v) is 11.4. The molecule has 1 amide bonds. The van der Waals surface area contributed by atoms with E-state index in [-0.39, 0.29) is 17.8 Å². The number of halogens is 1. The second-order valence-electron chi connectivity index (χ2n) is 7.70. The molecule has 0 radical (unpaired) electrons. The summed E-state index contributed by atoms with van der Waals surface area (Å²) in [7, 11) is 0. The summed E-state index contributed by atoms with van der Waals surface area (Å²) in [4.78, 5) is 22.3. The number of amides is 1. The van der Waals surface area contributed by atoms with Gasteiger partial charge in [0.25, 0.3) is 5.91 Å². The normalized spacial score (nSPS) is 11.7. The Hall–Kier alpha value is -3.58. The zero-order valence-corrected chi connectivity index (χ0v) is 19.2. The number of aromatic nitrogens is 2. The molecule has 0 fully saturated rings. The molecule has 4 aromatic rings. The number of hydrogen-bond donors (Lipinski definition) is 1. The quantitative estimate of drug-likeness (QED) is 0.368. The molecule has 0 saturated heterocycles. The molecule has 0 saturated carbocycles. The Bertz CT molecular complexity index is 1230. The number of carbonyl (C=O) groups excluding carboxylic acids is 1. The van der Waals surface area contributed by atoms with Gasteiger partial charge in [0.1, 0.15) is 23.1 Å². The minimum absolute atomic E-state index is 0.164. The van der Waals surface area contributed by atoms with Crippen molar-refractivity contribution >= 4 is 17.2 Å². The van der Waals surface area contributed by atoms with Crippen molar-refractivity contribution in [2.75, 3.05) is 0 Å². The van der Waals surface area contributed by atoms with Gasteiger partial charge in [0, 0.05) is 12.6 Å². The summed E-state index contributed by atoms with van der Waals surface area (Å²) in [6.45, 7) is 4.14. The molecule has 0 aliphatic carbocycles. The maximum absolute atomic E-state index is 13.1. The number of aryl methyl sites for hydroxylation is 1. The number of hydrogen-bond acceptors (Lipinski definition) is 5. The van der Waals surface area contributed by atoms with Gasteiger partial charge in [-0.15, -0.1) is 11.3 Å². The Morgan fingerprint density at radius 1 is 1.12 bits per heavy atom. The molecule has 0 aliphatic rings. The first-order valence-electron chi connectivity index (χ1n) is 10.6. The summed E-state index contributed by atoms with van der Waals surface area (Å²) in [5.74, 6) is 0.284. The third-order valence-electron chi connectivity index (χ3n) is 5.13. The van der Waals surface area contributed by atoms with E-state index in [0.717, 1.165) is 27.6 Å². The SMILES string of the molecule is Cc1nc(Cc2ccc(F)cc2)sc1C(=O)NC(C)c1cccc(OCc2ccccn2)c1.